The van der Waals surface area contributed by atoms with E-state index in [4.69, 9.17) is 13.9 Å². The number of benzene rings is 1. The second-order valence-corrected chi connectivity index (χ2v) is 5.69. The van der Waals surface area contributed by atoms with E-state index in [-0.39, 0.29) is 36.3 Å². The van der Waals surface area contributed by atoms with Crippen LogP contribution in [-0.2, 0) is 17.7 Å². The van der Waals surface area contributed by atoms with Gasteiger partial charge in [-0.25, -0.2) is 4.99 Å². The van der Waals surface area contributed by atoms with Gasteiger partial charge in [-0.05, 0) is 30.3 Å². The molecule has 0 atom stereocenters. The number of guanidine groups is 1. The van der Waals surface area contributed by atoms with Crippen molar-refractivity contribution in [1.82, 2.24) is 10.6 Å². The zero-order valence-corrected chi connectivity index (χ0v) is 18.7. The minimum atomic E-state index is -2.91. The van der Waals surface area contributed by atoms with Crippen molar-refractivity contribution in [1.29, 1.82) is 0 Å². The third kappa shape index (κ3) is 9.31. The largest absolute Gasteiger partial charge is 0.497 e. The van der Waals surface area contributed by atoms with E-state index >= 15 is 0 Å². The van der Waals surface area contributed by atoms with Crippen molar-refractivity contribution in [3.63, 3.8) is 0 Å². The van der Waals surface area contributed by atoms with Crippen LogP contribution in [0.2, 0.25) is 0 Å². The fourth-order valence-electron chi connectivity index (χ4n) is 2.39. The maximum Gasteiger partial charge on any atom is 0.387 e. The smallest absolute Gasteiger partial charge is 0.387 e. The Labute approximate surface area is 185 Å². The zero-order chi connectivity index (χ0) is 20.2. The molecule has 0 saturated carbocycles. The Bertz CT molecular complexity index is 730. The van der Waals surface area contributed by atoms with E-state index in [1.54, 1.807) is 25.5 Å². The Morgan fingerprint density at radius 3 is 2.62 bits per heavy atom. The number of hydrogen-bond donors (Lipinski definition) is 2. The van der Waals surface area contributed by atoms with Gasteiger partial charge in [-0.3, -0.25) is 0 Å². The van der Waals surface area contributed by atoms with Crippen molar-refractivity contribution >= 4 is 29.9 Å². The highest BCUT2D eigenvalue weighted by molar-refractivity contribution is 14.0. The van der Waals surface area contributed by atoms with Crippen molar-refractivity contribution < 1.29 is 27.4 Å². The average Bonchev–Trinajstić information content (AvgIpc) is 3.19. The predicted molar refractivity (Wildman–Crippen MR) is 116 cm³/mol. The van der Waals surface area contributed by atoms with E-state index in [1.165, 1.54) is 13.2 Å². The van der Waals surface area contributed by atoms with E-state index in [1.807, 2.05) is 12.1 Å². The first-order valence-corrected chi connectivity index (χ1v) is 8.77. The van der Waals surface area contributed by atoms with Crippen molar-refractivity contribution in [3.05, 3.63) is 47.9 Å². The maximum absolute atomic E-state index is 12.7. The Morgan fingerprint density at radius 1 is 1.17 bits per heavy atom. The molecule has 2 aromatic rings. The lowest BCUT2D eigenvalue weighted by atomic mass is 10.2. The quantitative estimate of drug-likeness (QED) is 0.203. The Morgan fingerprint density at radius 2 is 1.97 bits per heavy atom. The van der Waals surface area contributed by atoms with Gasteiger partial charge in [0.25, 0.3) is 0 Å². The van der Waals surface area contributed by atoms with Gasteiger partial charge >= 0.3 is 6.61 Å². The topological polar surface area (TPSA) is 77.2 Å². The van der Waals surface area contributed by atoms with E-state index in [9.17, 15) is 8.78 Å². The summed E-state index contributed by atoms with van der Waals surface area (Å²) >= 11 is 0. The van der Waals surface area contributed by atoms with Crippen LogP contribution < -0.4 is 20.1 Å². The molecule has 0 saturated heterocycles. The van der Waals surface area contributed by atoms with Crippen LogP contribution in [0.1, 0.15) is 11.3 Å². The first-order chi connectivity index (χ1) is 13.6. The van der Waals surface area contributed by atoms with Gasteiger partial charge in [0.2, 0.25) is 0 Å². The molecule has 1 heterocycles. The number of hydrogen-bond acceptors (Lipinski definition) is 5. The number of furan rings is 1. The molecule has 0 aliphatic rings. The number of alkyl halides is 2. The van der Waals surface area contributed by atoms with Crippen LogP contribution in [0.15, 0.2) is 46.0 Å². The number of halogens is 3. The molecule has 0 spiro atoms. The van der Waals surface area contributed by atoms with Gasteiger partial charge in [-0.1, -0.05) is 0 Å². The lowest BCUT2D eigenvalue weighted by molar-refractivity contribution is -0.0504. The molecule has 7 nitrogen and oxygen atoms in total. The van der Waals surface area contributed by atoms with Crippen LogP contribution in [0.25, 0.3) is 0 Å². The number of nitrogens with zero attached hydrogens (tertiary/aromatic N) is 1. The van der Waals surface area contributed by atoms with Gasteiger partial charge in [0.05, 0.1) is 26.5 Å². The normalized spacial score (nSPS) is 11.1. The summed E-state index contributed by atoms with van der Waals surface area (Å²) in [5.74, 6) is 1.97. The molecular formula is C19H26F2IN3O4. The summed E-state index contributed by atoms with van der Waals surface area (Å²) in [6, 6.07) is 8.34. The number of aliphatic imine (C=N–C) groups is 1. The van der Waals surface area contributed by atoms with Gasteiger partial charge in [0.1, 0.15) is 17.3 Å². The van der Waals surface area contributed by atoms with Gasteiger partial charge in [0, 0.05) is 32.2 Å². The van der Waals surface area contributed by atoms with Crippen LogP contribution in [0, 0.1) is 0 Å². The molecular weight excluding hydrogens is 499 g/mol. The summed E-state index contributed by atoms with van der Waals surface area (Å²) in [6.07, 6.45) is 2.30. The molecule has 0 aliphatic carbocycles. The lowest BCUT2D eigenvalue weighted by Crippen LogP contribution is -2.40. The fraction of sp³-hybridized carbons (Fsp3) is 0.421. The summed E-state index contributed by atoms with van der Waals surface area (Å²) < 4.78 is 45.4. The predicted octanol–water partition coefficient (Wildman–Crippen LogP) is 3.43. The third-order valence-corrected chi connectivity index (χ3v) is 3.73. The number of ether oxygens (including phenoxy) is 3. The molecule has 0 radical (unpaired) electrons. The number of nitrogens with one attached hydrogen (secondary N) is 2. The first kappa shape index (κ1) is 25.0. The zero-order valence-electron chi connectivity index (χ0n) is 16.3. The summed E-state index contributed by atoms with van der Waals surface area (Å²) in [5.41, 5.74) is 0.485. The number of rotatable bonds is 11. The molecule has 162 valence electrons. The summed E-state index contributed by atoms with van der Waals surface area (Å²) in [6.45, 7) is -1.16. The van der Waals surface area contributed by atoms with Gasteiger partial charge in [-0.2, -0.15) is 8.78 Å². The van der Waals surface area contributed by atoms with Crippen LogP contribution in [0.3, 0.4) is 0 Å². The summed E-state index contributed by atoms with van der Waals surface area (Å²) in [7, 11) is 3.11. The van der Waals surface area contributed by atoms with E-state index in [2.05, 4.69) is 20.4 Å². The van der Waals surface area contributed by atoms with Crippen LogP contribution >= 0.6 is 24.0 Å². The van der Waals surface area contributed by atoms with Crippen molar-refractivity contribution in [2.75, 3.05) is 33.9 Å². The second kappa shape index (κ2) is 14.0. The molecule has 1 aromatic heterocycles. The van der Waals surface area contributed by atoms with Gasteiger partial charge in [-0.15, -0.1) is 24.0 Å². The van der Waals surface area contributed by atoms with Gasteiger partial charge < -0.3 is 29.3 Å². The minimum Gasteiger partial charge on any atom is -0.497 e. The van der Waals surface area contributed by atoms with E-state index < -0.39 is 6.61 Å². The van der Waals surface area contributed by atoms with E-state index in [0.717, 1.165) is 5.76 Å². The molecule has 0 amide bonds. The molecule has 0 unspecified atom stereocenters. The Hall–Kier alpha value is -2.08. The molecule has 1 aromatic carbocycles. The highest BCUT2D eigenvalue weighted by atomic mass is 127. The van der Waals surface area contributed by atoms with Gasteiger partial charge in [0.15, 0.2) is 5.96 Å². The van der Waals surface area contributed by atoms with Crippen LogP contribution in [-0.4, -0.2) is 46.5 Å². The molecule has 0 aliphatic heterocycles. The standard InChI is InChI=1S/C19H25F2N3O4.HI/c1-25-11-9-23-19(22-8-7-15-4-3-10-27-15)24-13-14-12-16(26-2)5-6-17(14)28-18(20)21;/h3-6,10,12,18H,7-9,11,13H2,1-2H3,(H2,22,23,24);1H. The molecule has 2 N–H and O–H groups in total. The molecule has 29 heavy (non-hydrogen) atoms. The summed E-state index contributed by atoms with van der Waals surface area (Å²) in [4.78, 5) is 4.46. The minimum absolute atomic E-state index is 0. The second-order valence-electron chi connectivity index (χ2n) is 5.69. The molecule has 0 bridgehead atoms. The Balaban J connectivity index is 0.00000420. The van der Waals surface area contributed by atoms with Crippen molar-refractivity contribution in [2.45, 2.75) is 19.6 Å². The average molecular weight is 525 g/mol. The highest BCUT2D eigenvalue weighted by Gasteiger charge is 2.11. The summed E-state index contributed by atoms with van der Waals surface area (Å²) in [5, 5.41) is 6.30. The van der Waals surface area contributed by atoms with Crippen LogP contribution in [0.5, 0.6) is 11.5 Å². The monoisotopic (exact) mass is 525 g/mol. The number of methoxy groups -OCH3 is 2. The lowest BCUT2D eigenvalue weighted by Gasteiger charge is -2.14. The third-order valence-electron chi connectivity index (χ3n) is 3.73. The van der Waals surface area contributed by atoms with Crippen LogP contribution in [0.4, 0.5) is 8.78 Å². The first-order valence-electron chi connectivity index (χ1n) is 8.77. The Kier molecular flexibility index (Phi) is 12.0. The SMILES string of the molecule is COCCNC(=NCc1cc(OC)ccc1OC(F)F)NCCc1ccco1.I. The molecule has 2 rings (SSSR count). The van der Waals surface area contributed by atoms with Crippen molar-refractivity contribution in [3.8, 4) is 11.5 Å². The highest BCUT2D eigenvalue weighted by Crippen LogP contribution is 2.26. The van der Waals surface area contributed by atoms with E-state index in [0.29, 0.717) is 43.4 Å². The fourth-order valence-corrected chi connectivity index (χ4v) is 2.39. The molecule has 0 fully saturated rings. The van der Waals surface area contributed by atoms with Crippen molar-refractivity contribution in [2.24, 2.45) is 4.99 Å². The molecule has 10 heteroatoms. The maximum atomic E-state index is 12.7.